The van der Waals surface area contributed by atoms with E-state index in [1.165, 1.54) is 5.56 Å². The summed E-state index contributed by atoms with van der Waals surface area (Å²) in [7, 11) is 0. The van der Waals surface area contributed by atoms with Gasteiger partial charge in [-0.2, -0.15) is 0 Å². The number of benzene rings is 1. The molecular weight excluding hydrogens is 252 g/mol. The maximum atomic E-state index is 12.7. The molecule has 1 aliphatic heterocycles. The van der Waals surface area contributed by atoms with E-state index in [0.717, 1.165) is 30.8 Å². The Morgan fingerprint density at radius 2 is 2.10 bits per heavy atom. The van der Waals surface area contributed by atoms with Crippen LogP contribution in [-0.4, -0.2) is 12.5 Å². The van der Waals surface area contributed by atoms with E-state index in [-0.39, 0.29) is 5.91 Å². The van der Waals surface area contributed by atoms with Crippen LogP contribution in [0.1, 0.15) is 33.9 Å². The highest BCUT2D eigenvalue weighted by Crippen LogP contribution is 2.31. The number of furan rings is 1. The second kappa shape index (κ2) is 4.71. The lowest BCUT2D eigenvalue weighted by atomic mass is 10.00. The molecule has 0 atom stereocenters. The van der Waals surface area contributed by atoms with E-state index >= 15 is 0 Å². The minimum atomic E-state index is -0.00843. The van der Waals surface area contributed by atoms with Crippen molar-refractivity contribution in [2.45, 2.75) is 26.7 Å². The monoisotopic (exact) mass is 270 g/mol. The number of fused-ring (bicyclic) bond motifs is 1. The molecule has 1 aromatic carbocycles. The lowest BCUT2D eigenvalue weighted by Gasteiger charge is -2.29. The molecule has 0 aliphatic carbocycles. The third-order valence-electron chi connectivity index (χ3n) is 3.74. The van der Waals surface area contributed by atoms with Crippen molar-refractivity contribution in [3.8, 4) is 0 Å². The van der Waals surface area contributed by atoms with Crippen LogP contribution in [0.4, 0.5) is 11.4 Å². The van der Waals surface area contributed by atoms with Gasteiger partial charge in [0.25, 0.3) is 5.91 Å². The molecule has 2 aromatic rings. The number of nitrogens with zero attached hydrogens (tertiary/aromatic N) is 1. The summed E-state index contributed by atoms with van der Waals surface area (Å²) in [6.07, 6.45) is 1.96. The van der Waals surface area contributed by atoms with Crippen LogP contribution in [0.5, 0.6) is 0 Å². The van der Waals surface area contributed by atoms with Gasteiger partial charge >= 0.3 is 0 Å². The lowest BCUT2D eigenvalue weighted by Crippen LogP contribution is -2.35. The first-order valence-electron chi connectivity index (χ1n) is 6.83. The zero-order valence-electron chi connectivity index (χ0n) is 11.8. The molecule has 1 aliphatic rings. The smallest absolute Gasteiger partial charge is 0.261 e. The zero-order chi connectivity index (χ0) is 14.3. The van der Waals surface area contributed by atoms with Crippen LogP contribution >= 0.6 is 0 Å². The second-order valence-corrected chi connectivity index (χ2v) is 5.28. The Labute approximate surface area is 118 Å². The third kappa shape index (κ3) is 2.07. The molecule has 0 saturated heterocycles. The van der Waals surface area contributed by atoms with Crippen molar-refractivity contribution in [1.82, 2.24) is 0 Å². The van der Waals surface area contributed by atoms with E-state index < -0.39 is 0 Å². The van der Waals surface area contributed by atoms with Crippen molar-refractivity contribution >= 4 is 17.3 Å². The number of aryl methyl sites for hydroxylation is 3. The van der Waals surface area contributed by atoms with Gasteiger partial charge < -0.3 is 15.1 Å². The SMILES string of the molecule is Cc1cc(C(=O)N2CCCc3ccc(N)cc32)c(C)o1. The van der Waals surface area contributed by atoms with Crippen LogP contribution in [0.25, 0.3) is 0 Å². The van der Waals surface area contributed by atoms with Gasteiger partial charge in [0.2, 0.25) is 0 Å². The summed E-state index contributed by atoms with van der Waals surface area (Å²) < 4.78 is 5.47. The van der Waals surface area contributed by atoms with Crippen LogP contribution in [-0.2, 0) is 6.42 Å². The topological polar surface area (TPSA) is 59.5 Å². The summed E-state index contributed by atoms with van der Waals surface area (Å²) in [5.41, 5.74) is 9.29. The molecule has 1 amide bonds. The quantitative estimate of drug-likeness (QED) is 0.810. The highest BCUT2D eigenvalue weighted by Gasteiger charge is 2.26. The number of rotatable bonds is 1. The fraction of sp³-hybridized carbons (Fsp3) is 0.312. The molecule has 0 bridgehead atoms. The molecule has 3 rings (SSSR count). The van der Waals surface area contributed by atoms with E-state index in [2.05, 4.69) is 0 Å². The van der Waals surface area contributed by atoms with E-state index in [0.29, 0.717) is 17.0 Å². The average molecular weight is 270 g/mol. The van der Waals surface area contributed by atoms with Gasteiger partial charge in [0, 0.05) is 17.9 Å². The van der Waals surface area contributed by atoms with Gasteiger partial charge in [-0.05, 0) is 50.5 Å². The number of carbonyl (C=O) groups is 1. The van der Waals surface area contributed by atoms with Gasteiger partial charge in [-0.15, -0.1) is 0 Å². The molecule has 1 aromatic heterocycles. The van der Waals surface area contributed by atoms with Crippen LogP contribution in [0.3, 0.4) is 0 Å². The van der Waals surface area contributed by atoms with Crippen molar-refractivity contribution in [2.75, 3.05) is 17.2 Å². The fourth-order valence-corrected chi connectivity index (χ4v) is 2.79. The van der Waals surface area contributed by atoms with E-state index in [4.69, 9.17) is 10.2 Å². The Hall–Kier alpha value is -2.23. The maximum Gasteiger partial charge on any atom is 0.261 e. The van der Waals surface area contributed by atoms with Gasteiger partial charge in [-0.25, -0.2) is 0 Å². The van der Waals surface area contributed by atoms with E-state index in [1.807, 2.05) is 36.9 Å². The van der Waals surface area contributed by atoms with Crippen molar-refractivity contribution in [3.63, 3.8) is 0 Å². The molecular formula is C16H18N2O2. The average Bonchev–Trinajstić information content (AvgIpc) is 2.76. The van der Waals surface area contributed by atoms with Crippen molar-refractivity contribution in [2.24, 2.45) is 0 Å². The Bertz CT molecular complexity index is 673. The highest BCUT2D eigenvalue weighted by molar-refractivity contribution is 6.07. The molecule has 0 fully saturated rings. The standard InChI is InChI=1S/C16H18N2O2/c1-10-8-14(11(2)20-10)16(19)18-7-3-4-12-5-6-13(17)9-15(12)18/h5-6,8-9H,3-4,7,17H2,1-2H3. The van der Waals surface area contributed by atoms with Gasteiger partial charge in [0.15, 0.2) is 0 Å². The molecule has 20 heavy (non-hydrogen) atoms. The summed E-state index contributed by atoms with van der Waals surface area (Å²) in [5.74, 6) is 1.42. The number of carbonyl (C=O) groups excluding carboxylic acids is 1. The van der Waals surface area contributed by atoms with Crippen LogP contribution in [0, 0.1) is 13.8 Å². The minimum absolute atomic E-state index is 0.00843. The van der Waals surface area contributed by atoms with Gasteiger partial charge in [-0.1, -0.05) is 6.07 Å². The van der Waals surface area contributed by atoms with Crippen LogP contribution in [0.2, 0.25) is 0 Å². The van der Waals surface area contributed by atoms with Gasteiger partial charge in [0.05, 0.1) is 5.56 Å². The molecule has 4 heteroatoms. The Morgan fingerprint density at radius 3 is 2.80 bits per heavy atom. The summed E-state index contributed by atoms with van der Waals surface area (Å²) in [5, 5.41) is 0. The molecule has 2 N–H and O–H groups in total. The Kier molecular flexibility index (Phi) is 3.01. The molecule has 0 spiro atoms. The first-order chi connectivity index (χ1) is 9.56. The number of hydrogen-bond donors (Lipinski definition) is 1. The molecule has 0 unspecified atom stereocenters. The number of nitrogens with two attached hydrogens (primary N) is 1. The summed E-state index contributed by atoms with van der Waals surface area (Å²) in [6, 6.07) is 7.59. The summed E-state index contributed by atoms with van der Waals surface area (Å²) >= 11 is 0. The van der Waals surface area contributed by atoms with Crippen LogP contribution in [0.15, 0.2) is 28.7 Å². The van der Waals surface area contributed by atoms with Gasteiger partial charge in [-0.3, -0.25) is 4.79 Å². The number of nitrogen functional groups attached to an aromatic ring is 1. The van der Waals surface area contributed by atoms with Crippen molar-refractivity contribution in [1.29, 1.82) is 0 Å². The first kappa shape index (κ1) is 12.8. The minimum Gasteiger partial charge on any atom is -0.466 e. The third-order valence-corrected chi connectivity index (χ3v) is 3.74. The number of amides is 1. The molecule has 0 radical (unpaired) electrons. The number of anilines is 2. The first-order valence-corrected chi connectivity index (χ1v) is 6.83. The van der Waals surface area contributed by atoms with E-state index in [1.54, 1.807) is 6.07 Å². The number of hydrogen-bond acceptors (Lipinski definition) is 3. The second-order valence-electron chi connectivity index (χ2n) is 5.28. The Morgan fingerprint density at radius 1 is 1.30 bits per heavy atom. The van der Waals surface area contributed by atoms with Crippen molar-refractivity contribution < 1.29 is 9.21 Å². The molecule has 4 nitrogen and oxygen atoms in total. The van der Waals surface area contributed by atoms with Crippen LogP contribution < -0.4 is 10.6 Å². The highest BCUT2D eigenvalue weighted by atomic mass is 16.3. The molecule has 0 saturated carbocycles. The maximum absolute atomic E-state index is 12.7. The van der Waals surface area contributed by atoms with Crippen molar-refractivity contribution in [3.05, 3.63) is 46.9 Å². The summed E-state index contributed by atoms with van der Waals surface area (Å²) in [4.78, 5) is 14.5. The largest absolute Gasteiger partial charge is 0.466 e. The predicted molar refractivity (Wildman–Crippen MR) is 79.0 cm³/mol. The van der Waals surface area contributed by atoms with Gasteiger partial charge in [0.1, 0.15) is 11.5 Å². The summed E-state index contributed by atoms with van der Waals surface area (Å²) in [6.45, 7) is 4.40. The normalized spacial score (nSPS) is 14.2. The Balaban J connectivity index is 2.02. The predicted octanol–water partition coefficient (Wildman–Crippen LogP) is 3.07. The zero-order valence-corrected chi connectivity index (χ0v) is 11.8. The lowest BCUT2D eigenvalue weighted by molar-refractivity contribution is 0.0983. The van der Waals surface area contributed by atoms with E-state index in [9.17, 15) is 4.79 Å². The fourth-order valence-electron chi connectivity index (χ4n) is 2.79. The molecule has 2 heterocycles. The molecule has 104 valence electrons.